The standard InChI is InChI=1S/C3H7NO.HN3/c1-4(2)3-5;1-3-2/h3H,1-2H3;1H. The van der Waals surface area contributed by atoms with Crippen LogP contribution in [0.1, 0.15) is 0 Å². The van der Waals surface area contributed by atoms with Crippen molar-refractivity contribution in [3.8, 4) is 0 Å². The highest BCUT2D eigenvalue weighted by Gasteiger charge is 1.68. The number of nitrogens with zero attached hydrogens (tertiary/aromatic N) is 3. The number of hydrogen-bond acceptors (Lipinski definition) is 2. The zero-order valence-electron chi connectivity index (χ0n) is 4.83. The molecule has 0 aliphatic carbocycles. The van der Waals surface area contributed by atoms with Gasteiger partial charge in [-0.2, -0.15) is 0 Å². The molecule has 0 saturated carbocycles. The van der Waals surface area contributed by atoms with Crippen molar-refractivity contribution in [1.29, 1.82) is 5.53 Å². The Bertz CT molecular complexity index is 83.3. The predicted molar refractivity (Wildman–Crippen MR) is 29.2 cm³/mol. The largest absolute Gasteiger partial charge is 0.351 e. The second-order valence-corrected chi connectivity index (χ2v) is 1.17. The summed E-state index contributed by atoms with van der Waals surface area (Å²) in [6.07, 6.45) is 0.750. The monoisotopic (exact) mass is 116 g/mol. The van der Waals surface area contributed by atoms with Crippen LogP contribution in [0.2, 0.25) is 0 Å². The fraction of sp³-hybridized carbons (Fsp3) is 0.667. The van der Waals surface area contributed by atoms with Gasteiger partial charge in [0, 0.05) is 14.1 Å². The van der Waals surface area contributed by atoms with Crippen LogP contribution < -0.4 is 0 Å². The minimum atomic E-state index is 0.750. The maximum absolute atomic E-state index is 9.43. The number of nitrogens with one attached hydrogen (secondary N) is 1. The van der Waals surface area contributed by atoms with Crippen LogP contribution in [0.5, 0.6) is 0 Å². The molecule has 0 rings (SSSR count). The van der Waals surface area contributed by atoms with Gasteiger partial charge >= 0.3 is 0 Å². The molecule has 0 radical (unpaired) electrons. The van der Waals surface area contributed by atoms with Crippen molar-refractivity contribution >= 4 is 6.41 Å². The molecular weight excluding hydrogens is 108 g/mol. The van der Waals surface area contributed by atoms with E-state index in [-0.39, 0.29) is 0 Å². The van der Waals surface area contributed by atoms with Crippen LogP contribution >= 0.6 is 0 Å². The highest BCUT2D eigenvalue weighted by molar-refractivity contribution is 5.45. The lowest BCUT2D eigenvalue weighted by molar-refractivity contribution is -0.115. The van der Waals surface area contributed by atoms with Crippen molar-refractivity contribution in [3.63, 3.8) is 0 Å². The minimum Gasteiger partial charge on any atom is -0.351 e. The lowest BCUT2D eigenvalue weighted by atomic mass is 11.0. The highest BCUT2D eigenvalue weighted by atomic mass is 16.1. The van der Waals surface area contributed by atoms with Crippen LogP contribution in [-0.2, 0) is 4.79 Å². The van der Waals surface area contributed by atoms with Crippen molar-refractivity contribution < 1.29 is 4.79 Å². The van der Waals surface area contributed by atoms with Gasteiger partial charge in [0.25, 0.3) is 0 Å². The SMILES string of the molecule is CN(C)C=O.[N-]=[N+]=N. The van der Waals surface area contributed by atoms with Gasteiger partial charge in [0.1, 0.15) is 0 Å². The molecule has 0 unspecified atom stereocenters. The van der Waals surface area contributed by atoms with E-state index >= 15 is 0 Å². The van der Waals surface area contributed by atoms with E-state index in [1.54, 1.807) is 19.0 Å². The van der Waals surface area contributed by atoms with E-state index in [1.807, 2.05) is 0 Å². The Morgan fingerprint density at radius 1 is 1.75 bits per heavy atom. The molecule has 1 N–H and O–H groups in total. The summed E-state index contributed by atoms with van der Waals surface area (Å²) in [6, 6.07) is 0. The van der Waals surface area contributed by atoms with Crippen molar-refractivity contribution in [2.45, 2.75) is 0 Å². The summed E-state index contributed by atoms with van der Waals surface area (Å²) in [7, 11) is 3.38. The van der Waals surface area contributed by atoms with Gasteiger partial charge in [-0.25, -0.2) is 0 Å². The third-order valence-electron chi connectivity index (χ3n) is 0.211. The van der Waals surface area contributed by atoms with Gasteiger partial charge in [-0.05, 0) is 10.4 Å². The zero-order valence-corrected chi connectivity index (χ0v) is 4.83. The molecule has 0 aromatic heterocycles. The van der Waals surface area contributed by atoms with Crippen LogP contribution in [0.25, 0.3) is 10.4 Å². The molecule has 0 heterocycles. The molecule has 5 heteroatoms. The molecular formula is C3H8N4O. The first-order chi connectivity index (χ1) is 3.68. The summed E-state index contributed by atoms with van der Waals surface area (Å²) in [5, 5.41) is 0. The summed E-state index contributed by atoms with van der Waals surface area (Å²) < 4.78 is 0. The Kier molecular flexibility index (Phi) is 11.5. The van der Waals surface area contributed by atoms with E-state index in [0.717, 1.165) is 6.41 Å². The topological polar surface area (TPSA) is 80.6 Å². The molecule has 0 aromatic rings. The molecule has 8 heavy (non-hydrogen) atoms. The first-order valence-electron chi connectivity index (χ1n) is 1.81. The van der Waals surface area contributed by atoms with Crippen LogP contribution in [0.4, 0.5) is 0 Å². The third-order valence-corrected chi connectivity index (χ3v) is 0.211. The van der Waals surface area contributed by atoms with Crippen molar-refractivity contribution in [2.75, 3.05) is 14.1 Å². The number of hydrogen-bond donors (Lipinski definition) is 1. The van der Waals surface area contributed by atoms with Gasteiger partial charge in [0.2, 0.25) is 6.41 Å². The second-order valence-electron chi connectivity index (χ2n) is 1.17. The molecule has 0 bridgehead atoms. The van der Waals surface area contributed by atoms with Gasteiger partial charge < -0.3 is 4.90 Å². The lowest BCUT2D eigenvalue weighted by Gasteiger charge is -1.93. The zero-order chi connectivity index (χ0) is 6.99. The number of carbonyl (C=O) groups is 1. The predicted octanol–water partition coefficient (Wildman–Crippen LogP) is 0.580. The first kappa shape index (κ1) is 9.91. The van der Waals surface area contributed by atoms with Gasteiger partial charge in [0.15, 0.2) is 0 Å². The Hall–Kier alpha value is -1.22. The Morgan fingerprint density at radius 2 is 1.88 bits per heavy atom. The third kappa shape index (κ3) is 112. The number of amides is 1. The molecule has 0 fully saturated rings. The fourth-order valence-corrected chi connectivity index (χ4v) is 0. The smallest absolute Gasteiger partial charge is 0.209 e. The minimum absolute atomic E-state index is 0.750. The molecule has 0 spiro atoms. The average molecular weight is 116 g/mol. The molecule has 0 atom stereocenters. The normalized spacial score (nSPS) is 5.25. The Labute approximate surface area is 47.3 Å². The van der Waals surface area contributed by atoms with Gasteiger partial charge in [-0.15, -0.1) is 5.53 Å². The van der Waals surface area contributed by atoms with E-state index in [1.165, 1.54) is 4.90 Å². The van der Waals surface area contributed by atoms with Gasteiger partial charge in [-0.1, -0.05) is 0 Å². The second kappa shape index (κ2) is 9.24. The van der Waals surface area contributed by atoms with Crippen LogP contribution in [0, 0.1) is 5.53 Å². The molecule has 1 amide bonds. The fourth-order valence-electron chi connectivity index (χ4n) is 0. The molecule has 0 aliphatic heterocycles. The van der Waals surface area contributed by atoms with Crippen LogP contribution in [0.15, 0.2) is 0 Å². The van der Waals surface area contributed by atoms with Crippen molar-refractivity contribution in [3.05, 3.63) is 10.4 Å². The average Bonchev–Trinajstić information content (AvgIpc) is 1.69. The van der Waals surface area contributed by atoms with E-state index in [4.69, 9.17) is 11.1 Å². The number of rotatable bonds is 1. The summed E-state index contributed by atoms with van der Waals surface area (Å²) in [5.41, 5.74) is 12.2. The maximum Gasteiger partial charge on any atom is 0.209 e. The quantitative estimate of drug-likeness (QED) is 0.231. The molecule has 0 saturated heterocycles. The lowest BCUT2D eigenvalue weighted by Crippen LogP contribution is -2.06. The van der Waals surface area contributed by atoms with Gasteiger partial charge in [0.05, 0.1) is 0 Å². The summed E-state index contributed by atoms with van der Waals surface area (Å²) in [4.78, 5) is 12.6. The van der Waals surface area contributed by atoms with Crippen molar-refractivity contribution in [1.82, 2.24) is 4.90 Å². The first-order valence-corrected chi connectivity index (χ1v) is 1.81. The molecule has 0 aromatic carbocycles. The van der Waals surface area contributed by atoms with E-state index in [0.29, 0.717) is 0 Å². The maximum atomic E-state index is 9.43. The Balaban J connectivity index is 0. The molecule has 0 aliphatic rings. The van der Waals surface area contributed by atoms with Crippen LogP contribution in [0.3, 0.4) is 0 Å². The van der Waals surface area contributed by atoms with E-state index in [2.05, 4.69) is 0 Å². The van der Waals surface area contributed by atoms with E-state index in [9.17, 15) is 4.79 Å². The number of carbonyl (C=O) groups excluding carboxylic acids is 1. The summed E-state index contributed by atoms with van der Waals surface area (Å²) >= 11 is 0. The van der Waals surface area contributed by atoms with Crippen molar-refractivity contribution in [2.24, 2.45) is 0 Å². The van der Waals surface area contributed by atoms with Crippen LogP contribution in [-0.4, -0.2) is 25.4 Å². The molecule has 5 nitrogen and oxygen atoms in total. The Morgan fingerprint density at radius 3 is 1.88 bits per heavy atom. The summed E-state index contributed by atoms with van der Waals surface area (Å²) in [5.74, 6) is 0. The molecule has 46 valence electrons. The van der Waals surface area contributed by atoms with Gasteiger partial charge in [-0.3, -0.25) is 4.79 Å². The summed E-state index contributed by atoms with van der Waals surface area (Å²) in [6.45, 7) is 0. The highest BCUT2D eigenvalue weighted by Crippen LogP contribution is 1.52. The van der Waals surface area contributed by atoms with E-state index < -0.39 is 0 Å².